The third-order valence-corrected chi connectivity index (χ3v) is 15.2. The van der Waals surface area contributed by atoms with E-state index in [0.717, 1.165) is 96.3 Å². The van der Waals surface area contributed by atoms with E-state index < -0.39 is 6.10 Å². The van der Waals surface area contributed by atoms with E-state index in [1.807, 2.05) is 0 Å². The highest BCUT2D eigenvalue weighted by atomic mass is 16.6. The summed E-state index contributed by atoms with van der Waals surface area (Å²) >= 11 is 0. The Morgan fingerprint density at radius 3 is 0.785 bits per heavy atom. The summed E-state index contributed by atoms with van der Waals surface area (Å²) in [4.78, 5) is 38.4. The molecule has 0 amide bonds. The Morgan fingerprint density at radius 1 is 0.266 bits per heavy atom. The van der Waals surface area contributed by atoms with E-state index in [2.05, 4.69) is 93.7 Å². The zero-order valence-corrected chi connectivity index (χ0v) is 52.6. The zero-order valence-electron chi connectivity index (χ0n) is 52.6. The quantitative estimate of drug-likeness (QED) is 0.0261. The van der Waals surface area contributed by atoms with Crippen LogP contribution in [0.15, 0.2) is 72.9 Å². The van der Waals surface area contributed by atoms with E-state index >= 15 is 0 Å². The molecule has 79 heavy (non-hydrogen) atoms. The topological polar surface area (TPSA) is 78.9 Å². The SMILES string of the molecule is CC/C=C\C/C=C\C/C=C\C/C=C\CCCCCCCCCCC(=O)OC(COC(=O)CCCCCCC/C=C\CCCCCCCC)COC(=O)CCCCCCCCCCCCCCC/C=C\CCCCCCCCCC. The molecule has 0 N–H and O–H groups in total. The fourth-order valence-electron chi connectivity index (χ4n) is 10.0. The molecule has 0 bridgehead atoms. The number of allylic oxidation sites excluding steroid dienone is 12. The molecule has 0 spiro atoms. The van der Waals surface area contributed by atoms with Crippen LogP contribution >= 0.6 is 0 Å². The summed E-state index contributed by atoms with van der Waals surface area (Å²) in [6.45, 7) is 6.56. The highest BCUT2D eigenvalue weighted by Gasteiger charge is 2.19. The summed E-state index contributed by atoms with van der Waals surface area (Å²) in [5, 5.41) is 0. The van der Waals surface area contributed by atoms with Crippen molar-refractivity contribution in [3.63, 3.8) is 0 Å². The average molecular weight is 1100 g/mol. The Kier molecular flexibility index (Phi) is 64.7. The first-order valence-corrected chi connectivity index (χ1v) is 34.4. The van der Waals surface area contributed by atoms with Gasteiger partial charge in [-0.05, 0) is 109 Å². The maximum absolute atomic E-state index is 12.9. The number of hydrogen-bond acceptors (Lipinski definition) is 6. The summed E-state index contributed by atoms with van der Waals surface area (Å²) in [6.07, 6.45) is 87.8. The molecule has 0 rings (SSSR count). The molecule has 0 aliphatic heterocycles. The smallest absolute Gasteiger partial charge is 0.306 e. The van der Waals surface area contributed by atoms with Crippen molar-refractivity contribution in [2.45, 2.75) is 361 Å². The molecule has 0 aliphatic carbocycles. The first kappa shape index (κ1) is 75.8. The molecule has 0 saturated heterocycles. The van der Waals surface area contributed by atoms with Crippen LogP contribution in [0.2, 0.25) is 0 Å². The van der Waals surface area contributed by atoms with Gasteiger partial charge in [-0.25, -0.2) is 0 Å². The minimum absolute atomic E-state index is 0.0790. The van der Waals surface area contributed by atoms with Gasteiger partial charge in [0.05, 0.1) is 0 Å². The Bertz CT molecular complexity index is 1450. The van der Waals surface area contributed by atoms with Crippen molar-refractivity contribution in [1.29, 1.82) is 0 Å². The van der Waals surface area contributed by atoms with Crippen LogP contribution in [-0.2, 0) is 28.6 Å². The Labute approximate surface area is 491 Å². The van der Waals surface area contributed by atoms with E-state index in [0.29, 0.717) is 19.3 Å². The minimum atomic E-state index is -0.785. The van der Waals surface area contributed by atoms with Gasteiger partial charge >= 0.3 is 17.9 Å². The van der Waals surface area contributed by atoms with Crippen LogP contribution in [0.3, 0.4) is 0 Å². The number of carbonyl (C=O) groups excluding carboxylic acids is 3. The first-order valence-electron chi connectivity index (χ1n) is 34.4. The standard InChI is InChI=1S/C73H130O6/c1-4-7-10-13-16-19-22-25-28-30-32-34-35-36-37-39-40-42-45-48-51-54-57-60-63-66-72(75)78-69-70(68-77-71(74)65-62-59-56-53-50-47-44-27-24-21-18-15-12-9-6-3)79-73(76)67-64-61-58-55-52-49-46-43-41-38-33-31-29-26-23-20-17-14-11-8-5-2/h8,11,17,20,26-27,29-30,32-33,38,44,70H,4-7,9-10,12-16,18-19,21-25,28,31,34-37,39-43,45-69H2,1-3H3/b11-8-,20-17-,29-26-,32-30-,38-33-,44-27-. The number of ether oxygens (including phenoxy) is 3. The van der Waals surface area contributed by atoms with Crippen molar-refractivity contribution < 1.29 is 28.6 Å². The maximum atomic E-state index is 12.9. The molecule has 0 heterocycles. The predicted octanol–water partition coefficient (Wildman–Crippen LogP) is 23.7. The molecule has 458 valence electrons. The van der Waals surface area contributed by atoms with Gasteiger partial charge in [0.25, 0.3) is 0 Å². The van der Waals surface area contributed by atoms with Crippen LogP contribution in [0.5, 0.6) is 0 Å². The fraction of sp³-hybridized carbons (Fsp3) is 0.795. The predicted molar refractivity (Wildman–Crippen MR) is 344 cm³/mol. The molecular weight excluding hydrogens is 973 g/mol. The molecule has 1 atom stereocenters. The van der Waals surface area contributed by atoms with Gasteiger partial charge in [0, 0.05) is 19.3 Å². The molecule has 6 heteroatoms. The lowest BCUT2D eigenvalue weighted by molar-refractivity contribution is -0.167. The number of unbranched alkanes of at least 4 members (excludes halogenated alkanes) is 40. The van der Waals surface area contributed by atoms with Gasteiger partial charge in [-0.2, -0.15) is 0 Å². The molecule has 6 nitrogen and oxygen atoms in total. The van der Waals surface area contributed by atoms with Gasteiger partial charge < -0.3 is 14.2 Å². The lowest BCUT2D eigenvalue weighted by Crippen LogP contribution is -2.30. The van der Waals surface area contributed by atoms with Gasteiger partial charge in [0.15, 0.2) is 6.10 Å². The molecule has 0 radical (unpaired) electrons. The van der Waals surface area contributed by atoms with Crippen molar-refractivity contribution in [2.75, 3.05) is 13.2 Å². The van der Waals surface area contributed by atoms with Crippen molar-refractivity contribution in [3.05, 3.63) is 72.9 Å². The Hall–Kier alpha value is -3.15. The molecule has 0 saturated carbocycles. The van der Waals surface area contributed by atoms with E-state index in [1.54, 1.807) is 0 Å². The molecule has 0 aromatic carbocycles. The summed E-state index contributed by atoms with van der Waals surface area (Å²) in [7, 11) is 0. The highest BCUT2D eigenvalue weighted by molar-refractivity contribution is 5.71. The third-order valence-electron chi connectivity index (χ3n) is 15.2. The van der Waals surface area contributed by atoms with Gasteiger partial charge in [-0.1, -0.05) is 299 Å². The third kappa shape index (κ3) is 65.5. The van der Waals surface area contributed by atoms with Gasteiger partial charge in [0.2, 0.25) is 0 Å². The molecular formula is C73H130O6. The van der Waals surface area contributed by atoms with Crippen molar-refractivity contribution >= 4 is 17.9 Å². The van der Waals surface area contributed by atoms with E-state index in [1.165, 1.54) is 218 Å². The molecule has 1 unspecified atom stereocenters. The maximum Gasteiger partial charge on any atom is 0.306 e. The molecule has 0 aliphatic rings. The van der Waals surface area contributed by atoms with Gasteiger partial charge in [-0.15, -0.1) is 0 Å². The summed E-state index contributed by atoms with van der Waals surface area (Å²) in [5.74, 6) is -0.877. The van der Waals surface area contributed by atoms with Crippen molar-refractivity contribution in [3.8, 4) is 0 Å². The first-order chi connectivity index (χ1) is 39.0. The van der Waals surface area contributed by atoms with Crippen LogP contribution < -0.4 is 0 Å². The second kappa shape index (κ2) is 67.4. The highest BCUT2D eigenvalue weighted by Crippen LogP contribution is 2.17. The number of rotatable bonds is 63. The van der Waals surface area contributed by atoms with E-state index in [4.69, 9.17) is 14.2 Å². The van der Waals surface area contributed by atoms with Gasteiger partial charge in [0.1, 0.15) is 13.2 Å². The van der Waals surface area contributed by atoms with Crippen LogP contribution in [-0.4, -0.2) is 37.2 Å². The minimum Gasteiger partial charge on any atom is -0.462 e. The summed E-state index contributed by atoms with van der Waals surface area (Å²) < 4.78 is 17.0. The Morgan fingerprint density at radius 2 is 0.494 bits per heavy atom. The van der Waals surface area contributed by atoms with Crippen LogP contribution in [0.1, 0.15) is 355 Å². The molecule has 0 aromatic rings. The van der Waals surface area contributed by atoms with Crippen LogP contribution in [0.4, 0.5) is 0 Å². The summed E-state index contributed by atoms with van der Waals surface area (Å²) in [6, 6.07) is 0. The average Bonchev–Trinajstić information content (AvgIpc) is 3.45. The monoisotopic (exact) mass is 1100 g/mol. The Balaban J connectivity index is 4.32. The van der Waals surface area contributed by atoms with Crippen molar-refractivity contribution in [2.24, 2.45) is 0 Å². The van der Waals surface area contributed by atoms with Crippen molar-refractivity contribution in [1.82, 2.24) is 0 Å². The normalized spacial score (nSPS) is 12.5. The fourth-order valence-corrected chi connectivity index (χ4v) is 10.0. The van der Waals surface area contributed by atoms with Crippen LogP contribution in [0.25, 0.3) is 0 Å². The van der Waals surface area contributed by atoms with E-state index in [-0.39, 0.29) is 31.1 Å². The summed E-state index contributed by atoms with van der Waals surface area (Å²) in [5.41, 5.74) is 0. The number of carbonyl (C=O) groups is 3. The lowest BCUT2D eigenvalue weighted by atomic mass is 10.0. The molecule has 0 aromatic heterocycles. The lowest BCUT2D eigenvalue weighted by Gasteiger charge is -2.18. The zero-order chi connectivity index (χ0) is 57.1. The van der Waals surface area contributed by atoms with Gasteiger partial charge in [-0.3, -0.25) is 14.4 Å². The largest absolute Gasteiger partial charge is 0.462 e. The second-order valence-electron chi connectivity index (χ2n) is 23.1. The second-order valence-corrected chi connectivity index (χ2v) is 23.1. The number of hydrogen-bond donors (Lipinski definition) is 0. The molecule has 0 fully saturated rings. The van der Waals surface area contributed by atoms with E-state index in [9.17, 15) is 14.4 Å². The van der Waals surface area contributed by atoms with Crippen LogP contribution in [0, 0.1) is 0 Å². The number of esters is 3.